The van der Waals surface area contributed by atoms with Crippen molar-refractivity contribution in [1.82, 2.24) is 9.55 Å². The highest BCUT2D eigenvalue weighted by atomic mass is 16.5. The van der Waals surface area contributed by atoms with Gasteiger partial charge in [0.1, 0.15) is 0 Å². The normalized spacial score (nSPS) is 21.8. The summed E-state index contributed by atoms with van der Waals surface area (Å²) in [6.07, 6.45) is 3.09. The molecule has 1 aromatic heterocycles. The molecular formula is C15H25N3O3. The molecule has 0 spiro atoms. The van der Waals surface area contributed by atoms with Gasteiger partial charge in [-0.3, -0.25) is 4.79 Å². The van der Waals surface area contributed by atoms with Crippen LogP contribution in [0.15, 0.2) is 17.2 Å². The van der Waals surface area contributed by atoms with Gasteiger partial charge in [-0.1, -0.05) is 13.8 Å². The zero-order valence-corrected chi connectivity index (χ0v) is 13.2. The number of ether oxygens (including phenoxy) is 1. The van der Waals surface area contributed by atoms with Crippen LogP contribution < -0.4 is 10.5 Å². The van der Waals surface area contributed by atoms with Crippen molar-refractivity contribution in [2.45, 2.75) is 45.9 Å². The Balaban J connectivity index is 2.30. The Bertz CT molecular complexity index is 539. The molecule has 0 aromatic carbocycles. The van der Waals surface area contributed by atoms with Crippen LogP contribution in [-0.4, -0.2) is 46.1 Å². The minimum Gasteiger partial charge on any atom is -0.394 e. The summed E-state index contributed by atoms with van der Waals surface area (Å²) in [7, 11) is 0. The minimum absolute atomic E-state index is 0.0626. The average molecular weight is 295 g/mol. The second-order valence-corrected chi connectivity index (χ2v) is 6.66. The molecule has 2 rings (SSSR count). The van der Waals surface area contributed by atoms with Crippen LogP contribution in [-0.2, 0) is 11.3 Å². The van der Waals surface area contributed by atoms with Gasteiger partial charge in [-0.05, 0) is 19.8 Å². The molecular weight excluding hydrogens is 270 g/mol. The first-order chi connectivity index (χ1) is 9.82. The summed E-state index contributed by atoms with van der Waals surface area (Å²) < 4.78 is 7.48. The molecule has 2 heterocycles. The van der Waals surface area contributed by atoms with E-state index in [1.165, 1.54) is 0 Å². The molecule has 6 nitrogen and oxygen atoms in total. The Kier molecular flexibility index (Phi) is 4.68. The van der Waals surface area contributed by atoms with Crippen LogP contribution in [0.3, 0.4) is 0 Å². The van der Waals surface area contributed by atoms with E-state index in [9.17, 15) is 9.90 Å². The third-order valence-corrected chi connectivity index (χ3v) is 3.44. The van der Waals surface area contributed by atoms with E-state index in [0.29, 0.717) is 31.4 Å². The van der Waals surface area contributed by atoms with E-state index in [1.807, 2.05) is 18.7 Å². The monoisotopic (exact) mass is 295 g/mol. The number of rotatable bonds is 4. The summed E-state index contributed by atoms with van der Waals surface area (Å²) in [5.41, 5.74) is -0.501. The predicted molar refractivity (Wildman–Crippen MR) is 81.6 cm³/mol. The molecule has 0 amide bonds. The Hall–Kier alpha value is -1.40. The molecule has 1 fully saturated rings. The minimum atomic E-state index is -0.418. The maximum Gasteiger partial charge on any atom is 0.293 e. The first kappa shape index (κ1) is 16.0. The highest BCUT2D eigenvalue weighted by molar-refractivity contribution is 5.37. The highest BCUT2D eigenvalue weighted by Crippen LogP contribution is 2.23. The number of hydrogen-bond acceptors (Lipinski definition) is 5. The van der Waals surface area contributed by atoms with E-state index < -0.39 is 5.60 Å². The Morgan fingerprint density at radius 1 is 1.52 bits per heavy atom. The molecule has 1 unspecified atom stereocenters. The first-order valence-corrected chi connectivity index (χ1v) is 7.41. The average Bonchev–Trinajstić information content (AvgIpc) is 2.38. The third kappa shape index (κ3) is 3.83. The molecule has 1 aliphatic heterocycles. The Morgan fingerprint density at radius 3 is 2.86 bits per heavy atom. The van der Waals surface area contributed by atoms with Crippen molar-refractivity contribution in [2.75, 3.05) is 24.6 Å². The summed E-state index contributed by atoms with van der Waals surface area (Å²) in [5.74, 6) is 0.831. The number of aliphatic hydroxyl groups excluding tert-OH is 1. The van der Waals surface area contributed by atoms with Crippen molar-refractivity contribution < 1.29 is 9.84 Å². The lowest BCUT2D eigenvalue weighted by molar-refractivity contribution is -0.101. The standard InChI is InChI=1S/C15H25N3O3/c1-11(2)7-17-6-5-16-13(14(17)20)18-8-12(9-19)21-15(3,4)10-18/h5-6,11-12,19H,7-10H2,1-4H3. The lowest BCUT2D eigenvalue weighted by atomic mass is 10.1. The van der Waals surface area contributed by atoms with Crippen molar-refractivity contribution in [3.05, 3.63) is 22.7 Å². The second kappa shape index (κ2) is 6.15. The van der Waals surface area contributed by atoms with Crippen LogP contribution in [0.1, 0.15) is 27.7 Å². The van der Waals surface area contributed by atoms with Gasteiger partial charge in [-0.2, -0.15) is 0 Å². The van der Waals surface area contributed by atoms with Crippen LogP contribution >= 0.6 is 0 Å². The zero-order valence-electron chi connectivity index (χ0n) is 13.2. The molecule has 0 saturated carbocycles. The summed E-state index contributed by atoms with van der Waals surface area (Å²) >= 11 is 0. The molecule has 0 aliphatic carbocycles. The Labute approximate surface area is 125 Å². The fraction of sp³-hybridized carbons (Fsp3) is 0.733. The van der Waals surface area contributed by atoms with E-state index in [1.54, 1.807) is 17.0 Å². The second-order valence-electron chi connectivity index (χ2n) is 6.66. The van der Waals surface area contributed by atoms with Crippen molar-refractivity contribution in [3.63, 3.8) is 0 Å². The van der Waals surface area contributed by atoms with E-state index in [2.05, 4.69) is 18.8 Å². The van der Waals surface area contributed by atoms with Gasteiger partial charge in [0, 0.05) is 32.0 Å². The van der Waals surface area contributed by atoms with Crippen molar-refractivity contribution in [3.8, 4) is 0 Å². The summed E-state index contributed by atoms with van der Waals surface area (Å²) in [5, 5.41) is 9.38. The largest absolute Gasteiger partial charge is 0.394 e. The molecule has 118 valence electrons. The maximum absolute atomic E-state index is 12.6. The fourth-order valence-corrected chi connectivity index (χ4v) is 2.74. The molecule has 0 radical (unpaired) electrons. The quantitative estimate of drug-likeness (QED) is 0.893. The lowest BCUT2D eigenvalue weighted by Gasteiger charge is -2.42. The molecule has 1 N–H and O–H groups in total. The van der Waals surface area contributed by atoms with Crippen LogP contribution in [0, 0.1) is 5.92 Å². The van der Waals surface area contributed by atoms with Gasteiger partial charge in [-0.25, -0.2) is 4.98 Å². The van der Waals surface area contributed by atoms with Crippen LogP contribution in [0.5, 0.6) is 0 Å². The number of morpholine rings is 1. The van der Waals surface area contributed by atoms with Crippen LogP contribution in [0.2, 0.25) is 0 Å². The zero-order chi connectivity index (χ0) is 15.6. The van der Waals surface area contributed by atoms with Gasteiger partial charge in [0.25, 0.3) is 5.56 Å². The topological polar surface area (TPSA) is 67.6 Å². The van der Waals surface area contributed by atoms with Gasteiger partial charge in [0.05, 0.1) is 18.3 Å². The smallest absolute Gasteiger partial charge is 0.293 e. The number of anilines is 1. The number of aromatic nitrogens is 2. The van der Waals surface area contributed by atoms with Crippen molar-refractivity contribution in [1.29, 1.82) is 0 Å². The number of aliphatic hydroxyl groups is 1. The lowest BCUT2D eigenvalue weighted by Crippen LogP contribution is -2.55. The fourth-order valence-electron chi connectivity index (χ4n) is 2.74. The molecule has 21 heavy (non-hydrogen) atoms. The van der Waals surface area contributed by atoms with Gasteiger partial charge in [0.15, 0.2) is 5.82 Å². The summed E-state index contributed by atoms with van der Waals surface area (Å²) in [4.78, 5) is 18.7. The molecule has 6 heteroatoms. The molecule has 1 saturated heterocycles. The van der Waals surface area contributed by atoms with Crippen molar-refractivity contribution in [2.24, 2.45) is 5.92 Å². The molecule has 1 atom stereocenters. The summed E-state index contributed by atoms with van der Waals surface area (Å²) in [6.45, 7) is 9.73. The molecule has 1 aliphatic rings. The number of nitrogens with zero attached hydrogens (tertiary/aromatic N) is 3. The van der Waals surface area contributed by atoms with Gasteiger partial charge in [0.2, 0.25) is 0 Å². The van der Waals surface area contributed by atoms with E-state index in [-0.39, 0.29) is 18.3 Å². The third-order valence-electron chi connectivity index (χ3n) is 3.44. The van der Waals surface area contributed by atoms with Gasteiger partial charge >= 0.3 is 0 Å². The highest BCUT2D eigenvalue weighted by Gasteiger charge is 2.34. The number of hydrogen-bond donors (Lipinski definition) is 1. The SMILES string of the molecule is CC(C)Cn1ccnc(N2CC(CO)OC(C)(C)C2)c1=O. The van der Waals surface area contributed by atoms with Crippen molar-refractivity contribution >= 4 is 5.82 Å². The predicted octanol–water partition coefficient (Wildman–Crippen LogP) is 0.875. The van der Waals surface area contributed by atoms with E-state index in [0.717, 1.165) is 0 Å². The molecule has 1 aromatic rings. The Morgan fingerprint density at radius 2 is 2.24 bits per heavy atom. The first-order valence-electron chi connectivity index (χ1n) is 7.41. The maximum atomic E-state index is 12.6. The van der Waals surface area contributed by atoms with Crippen LogP contribution in [0.4, 0.5) is 5.82 Å². The summed E-state index contributed by atoms with van der Waals surface area (Å²) in [6, 6.07) is 0. The molecule has 0 bridgehead atoms. The van der Waals surface area contributed by atoms with E-state index in [4.69, 9.17) is 4.74 Å². The van der Waals surface area contributed by atoms with Gasteiger partial charge < -0.3 is 19.3 Å². The van der Waals surface area contributed by atoms with E-state index >= 15 is 0 Å². The van der Waals surface area contributed by atoms with Gasteiger partial charge in [-0.15, -0.1) is 0 Å². The van der Waals surface area contributed by atoms with Crippen LogP contribution in [0.25, 0.3) is 0 Å².